The molecule has 1 aromatic heterocycles. The summed E-state index contributed by atoms with van der Waals surface area (Å²) < 4.78 is 0. The third-order valence-electron chi connectivity index (χ3n) is 2.67. The van der Waals surface area contributed by atoms with Crippen LogP contribution in [0.1, 0.15) is 15.9 Å². The number of nitrogens with zero attached hydrogens (tertiary/aromatic N) is 2. The van der Waals surface area contributed by atoms with Crippen molar-refractivity contribution in [3.63, 3.8) is 0 Å². The van der Waals surface area contributed by atoms with Crippen LogP contribution < -0.4 is 0 Å². The molecular formula is C15H15ClN2OS. The molecular weight excluding hydrogens is 292 g/mol. The predicted octanol–water partition coefficient (Wildman–Crippen LogP) is 3.73. The average molecular weight is 307 g/mol. The molecule has 0 bridgehead atoms. The van der Waals surface area contributed by atoms with E-state index in [-0.39, 0.29) is 5.91 Å². The minimum Gasteiger partial charge on any atom is -0.345 e. The second-order valence-electron chi connectivity index (χ2n) is 4.48. The summed E-state index contributed by atoms with van der Waals surface area (Å²) in [5.41, 5.74) is 1.74. The summed E-state index contributed by atoms with van der Waals surface area (Å²) in [6.45, 7) is 0. The number of hydrogen-bond donors (Lipinski definition) is 0. The van der Waals surface area contributed by atoms with Crippen molar-refractivity contribution in [3.05, 3.63) is 58.7 Å². The van der Waals surface area contributed by atoms with Gasteiger partial charge in [-0.3, -0.25) is 4.79 Å². The maximum absolute atomic E-state index is 12.1. The van der Waals surface area contributed by atoms with Gasteiger partial charge in [-0.15, -0.1) is 11.8 Å². The molecule has 0 fully saturated rings. The van der Waals surface area contributed by atoms with E-state index in [4.69, 9.17) is 11.6 Å². The fourth-order valence-electron chi connectivity index (χ4n) is 1.66. The molecule has 3 nitrogen and oxygen atoms in total. The summed E-state index contributed by atoms with van der Waals surface area (Å²) in [5.74, 6) is 0.680. The minimum absolute atomic E-state index is 0.0874. The Morgan fingerprint density at radius 3 is 2.65 bits per heavy atom. The third-order valence-corrected chi connectivity index (χ3v) is 3.96. The Hall–Kier alpha value is -1.52. The third kappa shape index (κ3) is 3.74. The SMILES string of the molecule is CN(C)C(=O)c1cc(Cl)cnc1SCc1ccccc1. The fraction of sp³-hybridized carbons (Fsp3) is 0.200. The number of carbonyl (C=O) groups excluding carboxylic acids is 1. The van der Waals surface area contributed by atoms with Crippen LogP contribution in [0.5, 0.6) is 0 Å². The number of aromatic nitrogens is 1. The van der Waals surface area contributed by atoms with Gasteiger partial charge >= 0.3 is 0 Å². The molecule has 0 unspecified atom stereocenters. The van der Waals surface area contributed by atoms with Crippen molar-refractivity contribution in [2.45, 2.75) is 10.8 Å². The molecule has 0 aliphatic rings. The smallest absolute Gasteiger partial charge is 0.256 e. The molecule has 1 heterocycles. The zero-order valence-corrected chi connectivity index (χ0v) is 12.9. The highest BCUT2D eigenvalue weighted by Crippen LogP contribution is 2.26. The summed E-state index contributed by atoms with van der Waals surface area (Å²) in [6, 6.07) is 11.8. The summed E-state index contributed by atoms with van der Waals surface area (Å²) >= 11 is 7.48. The van der Waals surface area contributed by atoms with Crippen molar-refractivity contribution < 1.29 is 4.79 Å². The molecule has 20 heavy (non-hydrogen) atoms. The summed E-state index contributed by atoms with van der Waals surface area (Å²) in [4.78, 5) is 18.0. The molecule has 5 heteroatoms. The monoisotopic (exact) mass is 306 g/mol. The molecule has 0 radical (unpaired) electrons. The van der Waals surface area contributed by atoms with Crippen molar-refractivity contribution in [3.8, 4) is 0 Å². The van der Waals surface area contributed by atoms with Gasteiger partial charge < -0.3 is 4.90 Å². The Morgan fingerprint density at radius 2 is 2.00 bits per heavy atom. The van der Waals surface area contributed by atoms with Gasteiger partial charge in [0.2, 0.25) is 0 Å². The van der Waals surface area contributed by atoms with Gasteiger partial charge in [-0.05, 0) is 11.6 Å². The largest absolute Gasteiger partial charge is 0.345 e. The molecule has 1 amide bonds. The van der Waals surface area contributed by atoms with Crippen molar-refractivity contribution in [1.29, 1.82) is 0 Å². The Kier molecular flexibility index (Phi) is 5.04. The van der Waals surface area contributed by atoms with E-state index in [2.05, 4.69) is 17.1 Å². The van der Waals surface area contributed by atoms with E-state index < -0.39 is 0 Å². The lowest BCUT2D eigenvalue weighted by Crippen LogP contribution is -2.22. The van der Waals surface area contributed by atoms with Crippen molar-refractivity contribution >= 4 is 29.3 Å². The van der Waals surface area contributed by atoms with E-state index >= 15 is 0 Å². The summed E-state index contributed by atoms with van der Waals surface area (Å²) in [5, 5.41) is 1.18. The van der Waals surface area contributed by atoms with Crippen LogP contribution in [0.15, 0.2) is 47.6 Å². The average Bonchev–Trinajstić information content (AvgIpc) is 2.46. The normalized spacial score (nSPS) is 10.3. The van der Waals surface area contributed by atoms with Crippen molar-refractivity contribution in [2.24, 2.45) is 0 Å². The number of thioether (sulfide) groups is 1. The van der Waals surface area contributed by atoms with Crippen LogP contribution in [0.4, 0.5) is 0 Å². The number of halogens is 1. The fourth-order valence-corrected chi connectivity index (χ4v) is 2.74. The van der Waals surface area contributed by atoms with Crippen LogP contribution >= 0.6 is 23.4 Å². The van der Waals surface area contributed by atoms with Gasteiger partial charge in [0.25, 0.3) is 5.91 Å². The number of hydrogen-bond acceptors (Lipinski definition) is 3. The molecule has 2 aromatic rings. The number of amides is 1. The highest BCUT2D eigenvalue weighted by Gasteiger charge is 2.15. The van der Waals surface area contributed by atoms with Crippen LogP contribution in [0.2, 0.25) is 5.02 Å². The van der Waals surface area contributed by atoms with Gasteiger partial charge in [-0.25, -0.2) is 4.98 Å². The van der Waals surface area contributed by atoms with Crippen LogP contribution in [-0.2, 0) is 5.75 Å². The van der Waals surface area contributed by atoms with Gasteiger partial charge in [0, 0.05) is 26.0 Å². The topological polar surface area (TPSA) is 33.2 Å². The van der Waals surface area contributed by atoms with Crippen LogP contribution in [0.3, 0.4) is 0 Å². The first kappa shape index (κ1) is 14.9. The highest BCUT2D eigenvalue weighted by molar-refractivity contribution is 7.98. The number of rotatable bonds is 4. The molecule has 1 aromatic carbocycles. The van der Waals surface area contributed by atoms with E-state index in [1.54, 1.807) is 26.4 Å². The first-order valence-corrected chi connectivity index (χ1v) is 7.48. The van der Waals surface area contributed by atoms with Gasteiger partial charge in [0.1, 0.15) is 5.03 Å². The first-order chi connectivity index (χ1) is 9.58. The standard InChI is InChI=1S/C15H15ClN2OS/c1-18(2)15(19)13-8-12(16)9-17-14(13)20-10-11-6-4-3-5-7-11/h3-9H,10H2,1-2H3. The van der Waals surface area contributed by atoms with E-state index in [0.29, 0.717) is 15.6 Å². The van der Waals surface area contributed by atoms with Gasteiger partial charge in [-0.1, -0.05) is 41.9 Å². The Balaban J connectivity index is 2.21. The minimum atomic E-state index is -0.0874. The zero-order chi connectivity index (χ0) is 14.5. The molecule has 2 rings (SSSR count). The Morgan fingerprint density at radius 1 is 1.30 bits per heavy atom. The lowest BCUT2D eigenvalue weighted by Gasteiger charge is -2.13. The Bertz CT molecular complexity index is 602. The lowest BCUT2D eigenvalue weighted by atomic mass is 10.2. The maximum atomic E-state index is 12.1. The molecule has 0 N–H and O–H groups in total. The number of carbonyl (C=O) groups is 1. The Labute approximate surface area is 128 Å². The molecule has 0 saturated carbocycles. The quantitative estimate of drug-likeness (QED) is 0.807. The van der Waals surface area contributed by atoms with E-state index in [1.807, 2.05) is 18.2 Å². The second kappa shape index (κ2) is 6.77. The van der Waals surface area contributed by atoms with E-state index in [9.17, 15) is 4.79 Å². The van der Waals surface area contributed by atoms with E-state index in [0.717, 1.165) is 5.75 Å². The number of pyridine rings is 1. The molecule has 0 atom stereocenters. The molecule has 0 spiro atoms. The van der Waals surface area contributed by atoms with Gasteiger partial charge in [0.05, 0.1) is 10.6 Å². The predicted molar refractivity (Wildman–Crippen MR) is 83.3 cm³/mol. The highest BCUT2D eigenvalue weighted by atomic mass is 35.5. The summed E-state index contributed by atoms with van der Waals surface area (Å²) in [7, 11) is 3.43. The number of benzene rings is 1. The zero-order valence-electron chi connectivity index (χ0n) is 11.3. The van der Waals surface area contributed by atoms with Crippen molar-refractivity contribution in [1.82, 2.24) is 9.88 Å². The molecule has 0 saturated heterocycles. The van der Waals surface area contributed by atoms with Crippen LogP contribution in [0.25, 0.3) is 0 Å². The van der Waals surface area contributed by atoms with Crippen LogP contribution in [-0.4, -0.2) is 29.9 Å². The molecule has 104 valence electrons. The van der Waals surface area contributed by atoms with Gasteiger partial charge in [0.15, 0.2) is 0 Å². The summed E-state index contributed by atoms with van der Waals surface area (Å²) in [6.07, 6.45) is 1.57. The van der Waals surface area contributed by atoms with Crippen molar-refractivity contribution in [2.75, 3.05) is 14.1 Å². The van der Waals surface area contributed by atoms with E-state index in [1.165, 1.54) is 22.2 Å². The van der Waals surface area contributed by atoms with Crippen LogP contribution in [0, 0.1) is 0 Å². The second-order valence-corrected chi connectivity index (χ2v) is 5.88. The van der Waals surface area contributed by atoms with Gasteiger partial charge in [-0.2, -0.15) is 0 Å². The molecule has 0 aliphatic heterocycles. The molecule has 0 aliphatic carbocycles. The lowest BCUT2D eigenvalue weighted by molar-refractivity contribution is 0.0823. The maximum Gasteiger partial charge on any atom is 0.256 e. The first-order valence-electron chi connectivity index (χ1n) is 6.12.